The first-order chi connectivity index (χ1) is 16.1. The second kappa shape index (κ2) is 17.4. The Labute approximate surface area is 220 Å². The Kier molecular flexibility index (Phi) is 15.4. The molecule has 1 aromatic carbocycles. The van der Waals surface area contributed by atoms with E-state index in [1.807, 2.05) is 12.3 Å². The fourth-order valence-electron chi connectivity index (χ4n) is 5.23. The van der Waals surface area contributed by atoms with Gasteiger partial charge in [0, 0.05) is 23.4 Å². The van der Waals surface area contributed by atoms with Crippen LogP contribution in [0.15, 0.2) is 17.1 Å². The number of phenols is 1. The maximum absolute atomic E-state index is 11.2. The van der Waals surface area contributed by atoms with Crippen LogP contribution in [0.2, 0.25) is 0 Å². The van der Waals surface area contributed by atoms with Crippen LogP contribution in [0.3, 0.4) is 0 Å². The predicted molar refractivity (Wildman–Crippen MR) is 139 cm³/mol. The van der Waals surface area contributed by atoms with Crippen LogP contribution in [0.4, 0.5) is 0 Å². The summed E-state index contributed by atoms with van der Waals surface area (Å²) in [5, 5.41) is 11.2. The number of aromatic hydroxyl groups is 1. The molecule has 1 N–H and O–H groups in total. The molecular formula is C27H43Cl2NO2Zr. The first kappa shape index (κ1) is 29.2. The number of hydrogen-bond acceptors (Lipinski definition) is 3. The molecule has 0 radical (unpaired) electrons. The molecule has 186 valence electrons. The standard InChI is InChI=1S/C27H43NO2.2ClH.Zr/c1-21-14-16-24(17-15-21)28-20-23-18-25(30-2)19-26(27(23)29)22-12-10-8-6-4-3-5-7-9-11-13-22;;;/h18-22,24,29H,3-17H2,1-2H3;2*1H;/q;;;+2/p-2. The summed E-state index contributed by atoms with van der Waals surface area (Å²) >= 11 is -0.826. The number of aliphatic imine (C=N–C) groups is 1. The van der Waals surface area contributed by atoms with Crippen molar-refractivity contribution >= 4 is 23.2 Å². The van der Waals surface area contributed by atoms with E-state index in [1.165, 1.54) is 70.6 Å². The average Bonchev–Trinajstić information content (AvgIpc) is 2.81. The number of halogens is 2. The summed E-state index contributed by atoms with van der Waals surface area (Å²) in [4.78, 5) is 4.85. The summed E-state index contributed by atoms with van der Waals surface area (Å²) in [6, 6.07) is 4.42. The molecule has 2 aliphatic rings. The third-order valence-corrected chi connectivity index (χ3v) is 7.33. The summed E-state index contributed by atoms with van der Waals surface area (Å²) in [5.41, 5.74) is 1.90. The first-order valence-electron chi connectivity index (χ1n) is 13.0. The van der Waals surface area contributed by atoms with Crippen molar-refractivity contribution in [3.8, 4) is 11.5 Å². The maximum atomic E-state index is 11.2. The Bertz CT molecular complexity index is 681. The summed E-state index contributed by atoms with van der Waals surface area (Å²) < 4.78 is 5.61. The molecule has 1 aromatic rings. The third kappa shape index (κ3) is 11.0. The van der Waals surface area contributed by atoms with Gasteiger partial charge in [0.05, 0.1) is 7.11 Å². The van der Waals surface area contributed by atoms with Gasteiger partial charge in [0.2, 0.25) is 0 Å². The number of rotatable bonds is 4. The van der Waals surface area contributed by atoms with Crippen molar-refractivity contribution in [2.45, 2.75) is 115 Å². The first-order valence-corrected chi connectivity index (χ1v) is 19.3. The number of methoxy groups -OCH3 is 1. The normalized spacial score (nSPS) is 23.6. The molecule has 3 nitrogen and oxygen atoms in total. The zero-order valence-corrected chi connectivity index (χ0v) is 24.6. The van der Waals surface area contributed by atoms with Crippen LogP contribution in [-0.2, 0) is 20.8 Å². The van der Waals surface area contributed by atoms with Crippen molar-refractivity contribution < 1.29 is 30.7 Å². The number of phenolic OH excluding ortho intramolecular Hbond substituents is 1. The van der Waals surface area contributed by atoms with Gasteiger partial charge in [-0.3, -0.25) is 4.99 Å². The Hall–Kier alpha value is -0.0469. The van der Waals surface area contributed by atoms with E-state index in [2.05, 4.69) is 13.0 Å². The Morgan fingerprint density at radius 2 is 1.39 bits per heavy atom. The van der Waals surface area contributed by atoms with Crippen molar-refractivity contribution in [2.24, 2.45) is 10.9 Å². The van der Waals surface area contributed by atoms with E-state index in [4.69, 9.17) is 26.8 Å². The molecule has 0 spiro atoms. The van der Waals surface area contributed by atoms with Crippen LogP contribution in [0.1, 0.15) is 120 Å². The van der Waals surface area contributed by atoms with E-state index < -0.39 is 20.8 Å². The van der Waals surface area contributed by atoms with Crippen LogP contribution in [0, 0.1) is 5.92 Å². The SMILES string of the molecule is COc1cc(C=NC2CCC(C)CC2)c(O)c(C2CCCCCCCCCCC2)c1.[Cl][Zr][Cl]. The fraction of sp³-hybridized carbons (Fsp3) is 0.741. The molecule has 0 bridgehead atoms. The summed E-state index contributed by atoms with van der Waals surface area (Å²) in [6.07, 6.45) is 21.1. The quantitative estimate of drug-likeness (QED) is 0.364. The van der Waals surface area contributed by atoms with Gasteiger partial charge in [0.1, 0.15) is 11.5 Å². The van der Waals surface area contributed by atoms with Gasteiger partial charge in [-0.05, 0) is 62.5 Å². The second-order valence-corrected chi connectivity index (χ2v) is 13.6. The van der Waals surface area contributed by atoms with E-state index >= 15 is 0 Å². The van der Waals surface area contributed by atoms with Gasteiger partial charge in [-0.2, -0.15) is 0 Å². The van der Waals surface area contributed by atoms with E-state index in [-0.39, 0.29) is 0 Å². The minimum absolute atomic E-state index is 0.400. The van der Waals surface area contributed by atoms with Crippen LogP contribution >= 0.6 is 17.0 Å². The van der Waals surface area contributed by atoms with Gasteiger partial charge in [0.15, 0.2) is 0 Å². The van der Waals surface area contributed by atoms with Gasteiger partial charge in [-0.25, -0.2) is 0 Å². The van der Waals surface area contributed by atoms with Gasteiger partial charge in [-0.1, -0.05) is 64.7 Å². The van der Waals surface area contributed by atoms with Crippen molar-refractivity contribution in [1.29, 1.82) is 0 Å². The molecule has 0 aromatic heterocycles. The minimum atomic E-state index is -0.826. The molecule has 0 atom stereocenters. The van der Waals surface area contributed by atoms with Crippen LogP contribution in [-0.4, -0.2) is 24.5 Å². The Balaban J connectivity index is 0.00000122. The zero-order chi connectivity index (χ0) is 23.9. The van der Waals surface area contributed by atoms with Crippen molar-refractivity contribution in [3.63, 3.8) is 0 Å². The number of hydrogen-bond donors (Lipinski definition) is 1. The monoisotopic (exact) mass is 573 g/mol. The molecule has 0 heterocycles. The molecule has 0 saturated heterocycles. The molecule has 2 aliphatic carbocycles. The summed E-state index contributed by atoms with van der Waals surface area (Å²) in [6.45, 7) is 2.34. The molecule has 2 fully saturated rings. The number of ether oxygens (including phenoxy) is 1. The molecular weight excluding hydrogens is 532 g/mol. The van der Waals surface area contributed by atoms with Gasteiger partial charge >= 0.3 is 37.9 Å². The zero-order valence-electron chi connectivity index (χ0n) is 20.6. The van der Waals surface area contributed by atoms with E-state index in [0.717, 1.165) is 48.5 Å². The molecule has 6 heteroatoms. The molecule has 0 aliphatic heterocycles. The van der Waals surface area contributed by atoms with Crippen molar-refractivity contribution in [2.75, 3.05) is 7.11 Å². The summed E-state index contributed by atoms with van der Waals surface area (Å²) in [7, 11) is 11.6. The van der Waals surface area contributed by atoms with Gasteiger partial charge < -0.3 is 9.84 Å². The van der Waals surface area contributed by atoms with Crippen LogP contribution in [0.25, 0.3) is 0 Å². The predicted octanol–water partition coefficient (Wildman–Crippen LogP) is 9.16. The van der Waals surface area contributed by atoms with Crippen molar-refractivity contribution in [1.82, 2.24) is 0 Å². The Morgan fingerprint density at radius 3 is 1.91 bits per heavy atom. The number of nitrogens with zero attached hydrogens (tertiary/aromatic N) is 1. The third-order valence-electron chi connectivity index (χ3n) is 7.33. The molecule has 3 rings (SSSR count). The molecule has 0 amide bonds. The van der Waals surface area contributed by atoms with E-state index in [9.17, 15) is 5.11 Å². The van der Waals surface area contributed by atoms with E-state index in [1.54, 1.807) is 7.11 Å². The average molecular weight is 576 g/mol. The molecule has 33 heavy (non-hydrogen) atoms. The van der Waals surface area contributed by atoms with E-state index in [0.29, 0.717) is 17.7 Å². The topological polar surface area (TPSA) is 41.8 Å². The fourth-order valence-corrected chi connectivity index (χ4v) is 5.23. The van der Waals surface area contributed by atoms with Crippen molar-refractivity contribution in [3.05, 3.63) is 23.3 Å². The summed E-state index contributed by atoms with van der Waals surface area (Å²) in [5.74, 6) is 2.52. The van der Waals surface area contributed by atoms with Crippen LogP contribution in [0.5, 0.6) is 11.5 Å². The molecule has 0 unspecified atom stereocenters. The van der Waals surface area contributed by atoms with Crippen LogP contribution < -0.4 is 4.74 Å². The molecule has 2 saturated carbocycles. The van der Waals surface area contributed by atoms with Gasteiger partial charge in [-0.15, -0.1) is 0 Å². The Morgan fingerprint density at radius 1 is 0.879 bits per heavy atom. The second-order valence-electron chi connectivity index (χ2n) is 9.87. The number of benzene rings is 1. The van der Waals surface area contributed by atoms with Gasteiger partial charge in [0.25, 0.3) is 0 Å².